The third kappa shape index (κ3) is 3.47. The molecule has 0 amide bonds. The lowest BCUT2D eigenvalue weighted by Crippen LogP contribution is -2.14. The van der Waals surface area contributed by atoms with Gasteiger partial charge in [-0.15, -0.1) is 0 Å². The molecule has 0 atom stereocenters. The highest BCUT2D eigenvalue weighted by Gasteiger charge is 1.95. The van der Waals surface area contributed by atoms with Gasteiger partial charge in [0, 0.05) is 6.54 Å². The summed E-state index contributed by atoms with van der Waals surface area (Å²) >= 11 is 0. The Labute approximate surface area is 79.6 Å². The Balaban J connectivity index is 2.54. The molecule has 2 heteroatoms. The number of furan rings is 1. The number of hydrogen-bond acceptors (Lipinski definition) is 2. The normalized spacial score (nSPS) is 12.1. The molecule has 0 bridgehead atoms. The SMILES string of the molecule is CCNCC(C)=Cc1ccc(C)o1. The lowest BCUT2D eigenvalue weighted by molar-refractivity contribution is 0.524. The molecular formula is C11H17NO. The predicted octanol–water partition coefficient (Wildman–Crippen LogP) is 2.60. The number of likely N-dealkylation sites (N-methyl/N-ethyl adjacent to an activating group) is 1. The molecule has 13 heavy (non-hydrogen) atoms. The van der Waals surface area contributed by atoms with Crippen LogP contribution in [0.15, 0.2) is 22.1 Å². The molecular weight excluding hydrogens is 162 g/mol. The van der Waals surface area contributed by atoms with E-state index in [1.807, 2.05) is 19.1 Å². The zero-order chi connectivity index (χ0) is 9.68. The number of hydrogen-bond donors (Lipinski definition) is 1. The molecule has 0 aliphatic heterocycles. The van der Waals surface area contributed by atoms with E-state index in [0.717, 1.165) is 24.6 Å². The van der Waals surface area contributed by atoms with Gasteiger partial charge in [0.15, 0.2) is 0 Å². The third-order valence-electron chi connectivity index (χ3n) is 1.80. The van der Waals surface area contributed by atoms with Gasteiger partial charge in [-0.1, -0.05) is 12.5 Å². The van der Waals surface area contributed by atoms with E-state index in [2.05, 4.69) is 25.2 Å². The lowest BCUT2D eigenvalue weighted by atomic mass is 10.2. The van der Waals surface area contributed by atoms with Gasteiger partial charge in [-0.3, -0.25) is 0 Å². The quantitative estimate of drug-likeness (QED) is 0.768. The summed E-state index contributed by atoms with van der Waals surface area (Å²) in [5.41, 5.74) is 1.29. The van der Waals surface area contributed by atoms with E-state index < -0.39 is 0 Å². The van der Waals surface area contributed by atoms with Crippen molar-refractivity contribution in [2.24, 2.45) is 0 Å². The molecule has 72 valence electrons. The van der Waals surface area contributed by atoms with Gasteiger partial charge >= 0.3 is 0 Å². The zero-order valence-corrected chi connectivity index (χ0v) is 8.55. The fraction of sp³-hybridized carbons (Fsp3) is 0.455. The topological polar surface area (TPSA) is 25.2 Å². The van der Waals surface area contributed by atoms with Crippen LogP contribution in [0.25, 0.3) is 6.08 Å². The van der Waals surface area contributed by atoms with E-state index in [1.165, 1.54) is 5.57 Å². The molecule has 0 saturated carbocycles. The van der Waals surface area contributed by atoms with Crippen LogP contribution in [0.3, 0.4) is 0 Å². The van der Waals surface area contributed by atoms with Gasteiger partial charge in [0.2, 0.25) is 0 Å². The van der Waals surface area contributed by atoms with Gasteiger partial charge in [0.1, 0.15) is 11.5 Å². The van der Waals surface area contributed by atoms with Crippen LogP contribution in [0, 0.1) is 6.92 Å². The van der Waals surface area contributed by atoms with Gasteiger partial charge in [0.05, 0.1) is 0 Å². The van der Waals surface area contributed by atoms with Crippen LogP contribution in [0.4, 0.5) is 0 Å². The van der Waals surface area contributed by atoms with Crippen molar-refractivity contribution in [2.45, 2.75) is 20.8 Å². The summed E-state index contributed by atoms with van der Waals surface area (Å²) in [5, 5.41) is 3.27. The fourth-order valence-electron chi connectivity index (χ4n) is 1.15. The van der Waals surface area contributed by atoms with E-state index in [9.17, 15) is 0 Å². The van der Waals surface area contributed by atoms with Crippen LogP contribution in [0.5, 0.6) is 0 Å². The number of aryl methyl sites for hydroxylation is 1. The van der Waals surface area contributed by atoms with E-state index in [4.69, 9.17) is 4.42 Å². The zero-order valence-electron chi connectivity index (χ0n) is 8.55. The van der Waals surface area contributed by atoms with Crippen LogP contribution < -0.4 is 5.32 Å². The Morgan fingerprint density at radius 1 is 1.54 bits per heavy atom. The maximum absolute atomic E-state index is 5.43. The van der Waals surface area contributed by atoms with Crippen molar-refractivity contribution in [3.05, 3.63) is 29.2 Å². The van der Waals surface area contributed by atoms with E-state index in [1.54, 1.807) is 0 Å². The molecule has 0 fully saturated rings. The van der Waals surface area contributed by atoms with Gasteiger partial charge in [0.25, 0.3) is 0 Å². The largest absolute Gasteiger partial charge is 0.462 e. The molecule has 0 spiro atoms. The lowest BCUT2D eigenvalue weighted by Gasteiger charge is -1.99. The highest BCUT2D eigenvalue weighted by atomic mass is 16.3. The van der Waals surface area contributed by atoms with Crippen LogP contribution >= 0.6 is 0 Å². The minimum Gasteiger partial charge on any atom is -0.462 e. The first-order valence-corrected chi connectivity index (χ1v) is 4.66. The van der Waals surface area contributed by atoms with E-state index in [-0.39, 0.29) is 0 Å². The van der Waals surface area contributed by atoms with Gasteiger partial charge < -0.3 is 9.73 Å². The Morgan fingerprint density at radius 2 is 2.31 bits per heavy atom. The molecule has 2 nitrogen and oxygen atoms in total. The minimum absolute atomic E-state index is 0.927. The van der Waals surface area contributed by atoms with E-state index in [0.29, 0.717) is 0 Å². The van der Waals surface area contributed by atoms with Crippen LogP contribution in [-0.4, -0.2) is 13.1 Å². The minimum atomic E-state index is 0.927. The predicted molar refractivity (Wildman–Crippen MR) is 55.6 cm³/mol. The molecule has 0 aromatic carbocycles. The Hall–Kier alpha value is -1.02. The molecule has 1 aromatic heterocycles. The number of rotatable bonds is 4. The summed E-state index contributed by atoms with van der Waals surface area (Å²) in [4.78, 5) is 0. The molecule has 1 aromatic rings. The van der Waals surface area contributed by atoms with Crippen molar-refractivity contribution in [1.82, 2.24) is 5.32 Å². The van der Waals surface area contributed by atoms with E-state index >= 15 is 0 Å². The molecule has 0 aliphatic carbocycles. The summed E-state index contributed by atoms with van der Waals surface area (Å²) in [7, 11) is 0. The summed E-state index contributed by atoms with van der Waals surface area (Å²) in [5.74, 6) is 1.90. The maximum atomic E-state index is 5.43. The van der Waals surface area contributed by atoms with Crippen molar-refractivity contribution in [2.75, 3.05) is 13.1 Å². The maximum Gasteiger partial charge on any atom is 0.127 e. The summed E-state index contributed by atoms with van der Waals surface area (Å²) in [6, 6.07) is 3.97. The molecule has 1 rings (SSSR count). The Kier molecular flexibility index (Phi) is 3.77. The smallest absolute Gasteiger partial charge is 0.127 e. The molecule has 0 radical (unpaired) electrons. The monoisotopic (exact) mass is 179 g/mol. The second-order valence-corrected chi connectivity index (χ2v) is 3.22. The van der Waals surface area contributed by atoms with Gasteiger partial charge in [-0.2, -0.15) is 0 Å². The second-order valence-electron chi connectivity index (χ2n) is 3.22. The molecule has 0 unspecified atom stereocenters. The standard InChI is InChI=1S/C11H17NO/c1-4-12-8-9(2)7-11-6-5-10(3)13-11/h5-7,12H,4,8H2,1-3H3. The third-order valence-corrected chi connectivity index (χ3v) is 1.80. The van der Waals surface area contributed by atoms with Crippen LogP contribution in [-0.2, 0) is 0 Å². The average molecular weight is 179 g/mol. The number of nitrogens with one attached hydrogen (secondary N) is 1. The average Bonchev–Trinajstić information content (AvgIpc) is 2.48. The van der Waals surface area contributed by atoms with Crippen molar-refractivity contribution < 1.29 is 4.42 Å². The van der Waals surface area contributed by atoms with Crippen molar-refractivity contribution in [1.29, 1.82) is 0 Å². The van der Waals surface area contributed by atoms with Gasteiger partial charge in [-0.05, 0) is 38.6 Å². The Morgan fingerprint density at radius 3 is 2.85 bits per heavy atom. The fourth-order valence-corrected chi connectivity index (χ4v) is 1.15. The molecule has 0 saturated heterocycles. The molecule has 1 heterocycles. The summed E-state index contributed by atoms with van der Waals surface area (Å²) in [6.45, 7) is 8.08. The molecule has 0 aliphatic rings. The van der Waals surface area contributed by atoms with Crippen molar-refractivity contribution in [3.8, 4) is 0 Å². The first-order valence-electron chi connectivity index (χ1n) is 4.66. The summed E-state index contributed by atoms with van der Waals surface area (Å²) in [6.07, 6.45) is 2.07. The van der Waals surface area contributed by atoms with Crippen molar-refractivity contribution >= 4 is 6.08 Å². The first-order chi connectivity index (χ1) is 6.22. The van der Waals surface area contributed by atoms with Crippen LogP contribution in [0.1, 0.15) is 25.4 Å². The van der Waals surface area contributed by atoms with Crippen LogP contribution in [0.2, 0.25) is 0 Å². The first kappa shape index (κ1) is 10.1. The molecule has 1 N–H and O–H groups in total. The summed E-state index contributed by atoms with van der Waals surface area (Å²) < 4.78 is 5.43. The highest BCUT2D eigenvalue weighted by Crippen LogP contribution is 2.10. The second kappa shape index (κ2) is 4.87. The van der Waals surface area contributed by atoms with Crippen molar-refractivity contribution in [3.63, 3.8) is 0 Å². The van der Waals surface area contributed by atoms with Gasteiger partial charge in [-0.25, -0.2) is 0 Å². The Bertz CT molecular complexity index is 286. The highest BCUT2D eigenvalue weighted by molar-refractivity contribution is 5.47.